The lowest BCUT2D eigenvalue weighted by molar-refractivity contribution is -0.118. The molecule has 0 rings (SSSR count). The Morgan fingerprint density at radius 2 is 2.30 bits per heavy atom. The van der Waals surface area contributed by atoms with E-state index in [4.69, 9.17) is 16.6 Å². The summed E-state index contributed by atoms with van der Waals surface area (Å²) in [4.78, 5) is 10.3. The van der Waals surface area contributed by atoms with E-state index >= 15 is 0 Å². The van der Waals surface area contributed by atoms with Gasteiger partial charge in [0.25, 0.3) is 0 Å². The average Bonchev–Trinajstić information content (AvgIpc) is 1.88. The minimum atomic E-state index is -0.730. The fourth-order valence-electron chi connectivity index (χ4n) is 0.412. The highest BCUT2D eigenvalue weighted by atomic mass is 16.2. The Morgan fingerprint density at radius 1 is 1.70 bits per heavy atom. The minimum absolute atomic E-state index is 0.0575. The first-order chi connectivity index (χ1) is 4.68. The molecule has 0 aliphatic carbocycles. The summed E-state index contributed by atoms with van der Waals surface area (Å²) in [5.74, 6) is -0.561. The average molecular weight is 144 g/mol. The van der Waals surface area contributed by atoms with E-state index in [2.05, 4.69) is 0 Å². The molecule has 5 N–H and O–H groups in total. The van der Waals surface area contributed by atoms with Gasteiger partial charge in [-0.05, 0) is 6.42 Å². The van der Waals surface area contributed by atoms with Crippen LogP contribution in [0.1, 0.15) is 6.42 Å². The molecule has 0 spiro atoms. The maximum atomic E-state index is 10.3. The molecule has 0 aliphatic rings. The number of amides is 1. The van der Waals surface area contributed by atoms with E-state index in [1.807, 2.05) is 0 Å². The predicted molar refractivity (Wildman–Crippen MR) is 38.0 cm³/mol. The molecule has 0 aliphatic heterocycles. The number of primary amides is 1. The van der Waals surface area contributed by atoms with Crippen LogP contribution in [0.25, 0.3) is 0 Å². The Morgan fingerprint density at radius 3 is 2.70 bits per heavy atom. The van der Waals surface area contributed by atoms with E-state index in [9.17, 15) is 4.79 Å². The monoisotopic (exact) mass is 144 g/mol. The lowest BCUT2D eigenvalue weighted by Gasteiger charge is -1.97. The summed E-state index contributed by atoms with van der Waals surface area (Å²) in [5, 5.41) is 8.31. The van der Waals surface area contributed by atoms with E-state index in [-0.39, 0.29) is 6.61 Å². The first-order valence-electron chi connectivity index (χ1n) is 3.01. The molecule has 1 atom stereocenters. The van der Waals surface area contributed by atoms with Gasteiger partial charge in [0.15, 0.2) is 0 Å². The number of hydrogen-bond acceptors (Lipinski definition) is 3. The fraction of sp³-hybridized carbons (Fsp3) is 0.500. The fourth-order valence-corrected chi connectivity index (χ4v) is 0.412. The zero-order valence-electron chi connectivity index (χ0n) is 5.66. The van der Waals surface area contributed by atoms with Gasteiger partial charge in [-0.15, -0.1) is 0 Å². The number of carbonyl (C=O) groups excluding carboxylic acids is 1. The van der Waals surface area contributed by atoms with Crippen molar-refractivity contribution >= 4 is 5.91 Å². The molecule has 0 aromatic carbocycles. The Hall–Kier alpha value is -0.870. The molecular weight excluding hydrogens is 132 g/mol. The summed E-state index contributed by atoms with van der Waals surface area (Å²) in [6, 6.07) is -0.730. The lowest BCUT2D eigenvalue weighted by atomic mass is 10.2. The van der Waals surface area contributed by atoms with Crippen LogP contribution in [0.2, 0.25) is 0 Å². The van der Waals surface area contributed by atoms with E-state index in [1.54, 1.807) is 6.08 Å². The number of aliphatic hydroxyl groups excluding tert-OH is 1. The van der Waals surface area contributed by atoms with Gasteiger partial charge in [0.05, 0.1) is 0 Å². The SMILES string of the molecule is NC(=O)C(N)/C=C/CCO. The third-order valence-corrected chi connectivity index (χ3v) is 0.968. The van der Waals surface area contributed by atoms with Crippen LogP contribution in [0, 0.1) is 0 Å². The standard InChI is InChI=1S/C6H12N2O2/c7-5(6(8)10)3-1-2-4-9/h1,3,5,9H,2,4,7H2,(H2,8,10)/b3-1+. The van der Waals surface area contributed by atoms with Crippen LogP contribution in [0.3, 0.4) is 0 Å². The zero-order chi connectivity index (χ0) is 7.98. The molecule has 4 heteroatoms. The first kappa shape index (κ1) is 9.13. The second kappa shape index (κ2) is 4.96. The van der Waals surface area contributed by atoms with Crippen LogP contribution in [0.5, 0.6) is 0 Å². The molecule has 1 unspecified atom stereocenters. The molecule has 0 aromatic rings. The van der Waals surface area contributed by atoms with E-state index < -0.39 is 11.9 Å². The lowest BCUT2D eigenvalue weighted by Crippen LogP contribution is -2.34. The van der Waals surface area contributed by atoms with Gasteiger partial charge in [-0.1, -0.05) is 12.2 Å². The predicted octanol–water partition coefficient (Wildman–Crippen LogP) is -1.26. The first-order valence-corrected chi connectivity index (χ1v) is 3.01. The zero-order valence-corrected chi connectivity index (χ0v) is 5.66. The van der Waals surface area contributed by atoms with Crippen molar-refractivity contribution < 1.29 is 9.90 Å². The Balaban J connectivity index is 3.55. The van der Waals surface area contributed by atoms with Gasteiger partial charge in [-0.2, -0.15) is 0 Å². The molecule has 58 valence electrons. The van der Waals surface area contributed by atoms with Crippen molar-refractivity contribution in [1.29, 1.82) is 0 Å². The van der Waals surface area contributed by atoms with Gasteiger partial charge in [0, 0.05) is 6.61 Å². The number of carbonyl (C=O) groups is 1. The Kier molecular flexibility index (Phi) is 4.53. The summed E-state index contributed by atoms with van der Waals surface area (Å²) >= 11 is 0. The summed E-state index contributed by atoms with van der Waals surface area (Å²) in [5.41, 5.74) is 10.1. The summed E-state index contributed by atoms with van der Waals surface area (Å²) in [6.45, 7) is 0.0575. The number of hydrogen-bond donors (Lipinski definition) is 3. The van der Waals surface area contributed by atoms with Gasteiger partial charge in [0.2, 0.25) is 5.91 Å². The second-order valence-corrected chi connectivity index (χ2v) is 1.87. The van der Waals surface area contributed by atoms with Crippen LogP contribution in [0.15, 0.2) is 12.2 Å². The third-order valence-electron chi connectivity index (χ3n) is 0.968. The molecule has 0 saturated heterocycles. The summed E-state index contributed by atoms with van der Waals surface area (Å²) < 4.78 is 0. The molecule has 0 radical (unpaired) electrons. The largest absolute Gasteiger partial charge is 0.396 e. The Bertz CT molecular complexity index is 134. The highest BCUT2D eigenvalue weighted by molar-refractivity contribution is 5.81. The normalized spacial score (nSPS) is 13.8. The molecule has 0 aromatic heterocycles. The van der Waals surface area contributed by atoms with Crippen LogP contribution in [-0.2, 0) is 4.79 Å². The van der Waals surface area contributed by atoms with Crippen molar-refractivity contribution in [2.75, 3.05) is 6.61 Å². The van der Waals surface area contributed by atoms with Gasteiger partial charge in [-0.25, -0.2) is 0 Å². The minimum Gasteiger partial charge on any atom is -0.396 e. The third kappa shape index (κ3) is 4.05. The van der Waals surface area contributed by atoms with Crippen molar-refractivity contribution in [2.24, 2.45) is 11.5 Å². The van der Waals surface area contributed by atoms with E-state index in [1.165, 1.54) is 6.08 Å². The van der Waals surface area contributed by atoms with Crippen LogP contribution in [0.4, 0.5) is 0 Å². The van der Waals surface area contributed by atoms with Crippen molar-refractivity contribution in [1.82, 2.24) is 0 Å². The van der Waals surface area contributed by atoms with Gasteiger partial charge in [-0.3, -0.25) is 4.79 Å². The number of rotatable bonds is 4. The quantitative estimate of drug-likeness (QED) is 0.430. The molecule has 10 heavy (non-hydrogen) atoms. The molecular formula is C6H12N2O2. The van der Waals surface area contributed by atoms with Crippen molar-refractivity contribution in [3.8, 4) is 0 Å². The van der Waals surface area contributed by atoms with Crippen molar-refractivity contribution in [3.05, 3.63) is 12.2 Å². The molecule has 0 saturated carbocycles. The van der Waals surface area contributed by atoms with Crippen LogP contribution < -0.4 is 11.5 Å². The van der Waals surface area contributed by atoms with Crippen LogP contribution >= 0.6 is 0 Å². The number of nitrogens with two attached hydrogens (primary N) is 2. The molecule has 0 fully saturated rings. The highest BCUT2D eigenvalue weighted by Gasteiger charge is 2.01. The summed E-state index contributed by atoms with van der Waals surface area (Å²) in [7, 11) is 0. The van der Waals surface area contributed by atoms with Crippen molar-refractivity contribution in [2.45, 2.75) is 12.5 Å². The molecule has 0 heterocycles. The molecule has 1 amide bonds. The van der Waals surface area contributed by atoms with Gasteiger partial charge in [0.1, 0.15) is 6.04 Å². The highest BCUT2D eigenvalue weighted by Crippen LogP contribution is 1.84. The number of aliphatic hydroxyl groups is 1. The van der Waals surface area contributed by atoms with Crippen LogP contribution in [-0.4, -0.2) is 23.7 Å². The van der Waals surface area contributed by atoms with Gasteiger partial charge < -0.3 is 16.6 Å². The van der Waals surface area contributed by atoms with E-state index in [0.29, 0.717) is 6.42 Å². The Labute approximate surface area is 59.5 Å². The maximum absolute atomic E-state index is 10.3. The second-order valence-electron chi connectivity index (χ2n) is 1.87. The van der Waals surface area contributed by atoms with Gasteiger partial charge >= 0.3 is 0 Å². The molecule has 4 nitrogen and oxygen atoms in total. The van der Waals surface area contributed by atoms with Crippen molar-refractivity contribution in [3.63, 3.8) is 0 Å². The molecule has 0 bridgehead atoms. The smallest absolute Gasteiger partial charge is 0.238 e. The topological polar surface area (TPSA) is 89.3 Å². The maximum Gasteiger partial charge on any atom is 0.238 e. The van der Waals surface area contributed by atoms with E-state index in [0.717, 1.165) is 0 Å². The summed E-state index contributed by atoms with van der Waals surface area (Å²) in [6.07, 6.45) is 3.59.